The largest absolute Gasteiger partial charge is 0.381 e. The monoisotopic (exact) mass is 511 g/mol. The van der Waals surface area contributed by atoms with Gasteiger partial charge >= 0.3 is 0 Å². The maximum atomic E-state index is 13.4. The Morgan fingerprint density at radius 2 is 1.71 bits per heavy atom. The molecule has 4 heterocycles. The van der Waals surface area contributed by atoms with E-state index < -0.39 is 0 Å². The van der Waals surface area contributed by atoms with Gasteiger partial charge in [0, 0.05) is 68.6 Å². The van der Waals surface area contributed by atoms with Crippen LogP contribution in [-0.4, -0.2) is 78.1 Å². The molecule has 3 N–H and O–H groups in total. The molecule has 2 aromatic heterocycles. The summed E-state index contributed by atoms with van der Waals surface area (Å²) in [7, 11) is 2.16. The second-order valence-corrected chi connectivity index (χ2v) is 10.0. The third-order valence-electron chi connectivity index (χ3n) is 7.37. The Morgan fingerprint density at radius 1 is 0.974 bits per heavy atom. The zero-order valence-corrected chi connectivity index (χ0v) is 21.6. The highest BCUT2D eigenvalue weighted by Gasteiger charge is 2.23. The van der Waals surface area contributed by atoms with E-state index in [1.807, 2.05) is 30.3 Å². The smallest absolute Gasteiger partial charge is 0.231 e. The fourth-order valence-electron chi connectivity index (χ4n) is 5.10. The second kappa shape index (κ2) is 10.8. The summed E-state index contributed by atoms with van der Waals surface area (Å²) in [6.45, 7) is 5.62. The van der Waals surface area contributed by atoms with Crippen LogP contribution in [0.1, 0.15) is 28.8 Å². The number of nitrogens with zero attached hydrogens (tertiary/aromatic N) is 4. The normalized spacial score (nSPS) is 17.0. The Morgan fingerprint density at radius 3 is 2.45 bits per heavy atom. The van der Waals surface area contributed by atoms with Gasteiger partial charge in [0.25, 0.3) is 0 Å². The fraction of sp³-hybridized carbons (Fsp3) is 0.345. The molecule has 2 saturated heterocycles. The van der Waals surface area contributed by atoms with E-state index in [0.29, 0.717) is 47.1 Å². The molecule has 0 bridgehead atoms. The van der Waals surface area contributed by atoms with Crippen LogP contribution in [0.4, 0.5) is 23.1 Å². The number of nitrogens with one attached hydrogen (secondary N) is 3. The van der Waals surface area contributed by atoms with Crippen LogP contribution in [0.3, 0.4) is 0 Å². The van der Waals surface area contributed by atoms with Crippen LogP contribution in [0, 0.1) is 0 Å². The van der Waals surface area contributed by atoms with Crippen LogP contribution >= 0.6 is 0 Å². The van der Waals surface area contributed by atoms with Crippen molar-refractivity contribution in [3.8, 4) is 0 Å². The Bertz CT molecular complexity index is 1390. The van der Waals surface area contributed by atoms with Crippen LogP contribution in [0.2, 0.25) is 0 Å². The van der Waals surface area contributed by atoms with E-state index in [2.05, 4.69) is 56.7 Å². The number of piperazine rings is 1. The highest BCUT2D eigenvalue weighted by Crippen LogP contribution is 2.30. The molecule has 4 aromatic rings. The van der Waals surface area contributed by atoms with E-state index in [1.165, 1.54) is 5.69 Å². The lowest BCUT2D eigenvalue weighted by Crippen LogP contribution is -2.44. The van der Waals surface area contributed by atoms with Gasteiger partial charge in [0.2, 0.25) is 5.95 Å². The molecule has 0 aliphatic carbocycles. The third-order valence-corrected chi connectivity index (χ3v) is 7.37. The first-order chi connectivity index (χ1) is 18.6. The number of ketones is 1. The van der Waals surface area contributed by atoms with Crippen molar-refractivity contribution >= 4 is 40.0 Å². The summed E-state index contributed by atoms with van der Waals surface area (Å²) in [5.74, 6) is 1.06. The van der Waals surface area contributed by atoms with Crippen molar-refractivity contribution in [2.45, 2.75) is 18.9 Å². The molecule has 2 aliphatic heterocycles. The number of H-pyrrole nitrogens is 1. The number of fused-ring (bicyclic) bond motifs is 1. The standard InChI is InChI=1S/C29H33N7O2/c1-35-13-15-36(16-14-35)23-9-7-21(8-10-23)32-29-33-27-25(28(34-29)31-22-11-17-38-18-12-22)24(19-30-27)26(37)20-5-3-2-4-6-20/h2-10,19,22H,11-18H2,1H3,(H3,30,31,32,33,34). The minimum Gasteiger partial charge on any atom is -0.381 e. The van der Waals surface area contributed by atoms with E-state index >= 15 is 0 Å². The number of carbonyl (C=O) groups is 1. The summed E-state index contributed by atoms with van der Waals surface area (Å²) >= 11 is 0. The van der Waals surface area contributed by atoms with E-state index in [1.54, 1.807) is 6.20 Å². The van der Waals surface area contributed by atoms with Crippen molar-refractivity contribution < 1.29 is 9.53 Å². The van der Waals surface area contributed by atoms with Crippen molar-refractivity contribution in [3.05, 3.63) is 71.9 Å². The second-order valence-electron chi connectivity index (χ2n) is 10.0. The number of likely N-dealkylation sites (N-methyl/N-ethyl adjacent to an activating group) is 1. The van der Waals surface area contributed by atoms with Gasteiger partial charge in [-0.15, -0.1) is 0 Å². The zero-order valence-electron chi connectivity index (χ0n) is 21.6. The average molecular weight is 512 g/mol. The van der Waals surface area contributed by atoms with E-state index in [-0.39, 0.29) is 11.8 Å². The predicted octanol–water partition coefficient (Wildman–Crippen LogP) is 4.28. The van der Waals surface area contributed by atoms with Gasteiger partial charge in [0.05, 0.1) is 10.9 Å². The van der Waals surface area contributed by atoms with Gasteiger partial charge in [-0.1, -0.05) is 30.3 Å². The lowest BCUT2D eigenvalue weighted by Gasteiger charge is -2.34. The molecule has 2 aliphatic rings. The lowest BCUT2D eigenvalue weighted by molar-refractivity contribution is 0.0904. The molecule has 0 radical (unpaired) electrons. The third kappa shape index (κ3) is 5.20. The molecule has 2 aromatic carbocycles. The average Bonchev–Trinajstić information content (AvgIpc) is 3.39. The van der Waals surface area contributed by atoms with Crippen molar-refractivity contribution in [1.29, 1.82) is 0 Å². The van der Waals surface area contributed by atoms with E-state index in [9.17, 15) is 4.79 Å². The van der Waals surface area contributed by atoms with E-state index in [0.717, 1.165) is 44.7 Å². The highest BCUT2D eigenvalue weighted by molar-refractivity contribution is 6.18. The topological polar surface area (TPSA) is 98.4 Å². The molecular weight excluding hydrogens is 478 g/mol. The van der Waals surface area contributed by atoms with Crippen molar-refractivity contribution in [2.24, 2.45) is 0 Å². The summed E-state index contributed by atoms with van der Waals surface area (Å²) in [5, 5.41) is 7.66. The summed E-state index contributed by atoms with van der Waals surface area (Å²) in [6.07, 6.45) is 3.50. The van der Waals surface area contributed by atoms with Crippen molar-refractivity contribution in [2.75, 3.05) is 62.0 Å². The number of carbonyl (C=O) groups excluding carboxylic acids is 1. The first-order valence-corrected chi connectivity index (χ1v) is 13.3. The highest BCUT2D eigenvalue weighted by atomic mass is 16.5. The van der Waals surface area contributed by atoms with Crippen LogP contribution in [0.15, 0.2) is 60.8 Å². The van der Waals surface area contributed by atoms with Crippen molar-refractivity contribution in [1.82, 2.24) is 19.9 Å². The minimum atomic E-state index is -0.0596. The number of hydrogen-bond donors (Lipinski definition) is 3. The zero-order chi connectivity index (χ0) is 25.9. The number of aromatic nitrogens is 3. The van der Waals surface area contributed by atoms with Crippen LogP contribution < -0.4 is 15.5 Å². The van der Waals surface area contributed by atoms with Crippen molar-refractivity contribution in [3.63, 3.8) is 0 Å². The van der Waals surface area contributed by atoms with E-state index in [4.69, 9.17) is 14.7 Å². The molecular formula is C29H33N7O2. The number of rotatable bonds is 7. The Balaban J connectivity index is 1.29. The molecule has 2 fully saturated rings. The Hall–Kier alpha value is -3.95. The molecule has 9 heteroatoms. The first-order valence-electron chi connectivity index (χ1n) is 13.3. The van der Waals surface area contributed by atoms with Gasteiger partial charge in [-0.25, -0.2) is 0 Å². The number of hydrogen-bond acceptors (Lipinski definition) is 8. The minimum absolute atomic E-state index is 0.0596. The molecule has 196 valence electrons. The number of benzene rings is 2. The van der Waals surface area contributed by atoms with Gasteiger partial charge in [0.1, 0.15) is 11.5 Å². The van der Waals surface area contributed by atoms with Crippen LogP contribution in [0.25, 0.3) is 11.0 Å². The summed E-state index contributed by atoms with van der Waals surface area (Å²) in [4.78, 5) is 30.9. The predicted molar refractivity (Wildman–Crippen MR) is 151 cm³/mol. The Kier molecular flexibility index (Phi) is 6.94. The number of anilines is 4. The molecule has 0 atom stereocenters. The van der Waals surface area contributed by atoms with Gasteiger partial charge in [-0.2, -0.15) is 9.97 Å². The van der Waals surface area contributed by atoms with Crippen LogP contribution in [0.5, 0.6) is 0 Å². The van der Waals surface area contributed by atoms with Gasteiger partial charge < -0.3 is 30.2 Å². The fourth-order valence-corrected chi connectivity index (χ4v) is 5.10. The summed E-state index contributed by atoms with van der Waals surface area (Å²) < 4.78 is 5.54. The molecule has 9 nitrogen and oxygen atoms in total. The van der Waals surface area contributed by atoms with Gasteiger partial charge in [-0.05, 0) is 44.2 Å². The maximum absolute atomic E-state index is 13.4. The SMILES string of the molecule is CN1CCN(c2ccc(Nc3nc(NC4CCOCC4)c4c(C(=O)c5ccccc5)c[nH]c4n3)cc2)CC1. The van der Waals surface area contributed by atoms with Gasteiger partial charge in [-0.3, -0.25) is 4.79 Å². The molecule has 0 unspecified atom stereocenters. The lowest BCUT2D eigenvalue weighted by atomic mass is 10.0. The maximum Gasteiger partial charge on any atom is 0.231 e. The number of ether oxygens (including phenoxy) is 1. The molecule has 0 spiro atoms. The molecule has 6 rings (SSSR count). The van der Waals surface area contributed by atoms with Gasteiger partial charge in [0.15, 0.2) is 5.78 Å². The Labute approximate surface area is 222 Å². The van der Waals surface area contributed by atoms with Crippen LogP contribution in [-0.2, 0) is 4.74 Å². The quantitative estimate of drug-likeness (QED) is 0.317. The molecule has 0 saturated carbocycles. The molecule has 38 heavy (non-hydrogen) atoms. The summed E-state index contributed by atoms with van der Waals surface area (Å²) in [5.41, 5.74) is 3.93. The first kappa shape index (κ1) is 24.4. The number of aromatic amines is 1. The summed E-state index contributed by atoms with van der Waals surface area (Å²) in [6, 6.07) is 17.9. The molecule has 0 amide bonds.